The monoisotopic (exact) mass is 385 g/mol. The number of hydrogen-bond donors (Lipinski definition) is 1. The summed E-state index contributed by atoms with van der Waals surface area (Å²) in [5.41, 5.74) is 6.83. The molecule has 0 radical (unpaired) electrons. The molecular formula is C21H27N3O4. The predicted octanol–water partition coefficient (Wildman–Crippen LogP) is 0.569. The van der Waals surface area contributed by atoms with Crippen molar-refractivity contribution in [1.29, 1.82) is 0 Å². The van der Waals surface area contributed by atoms with Crippen LogP contribution < -0.4 is 5.73 Å². The topological polar surface area (TPSA) is 92.9 Å². The van der Waals surface area contributed by atoms with Crippen molar-refractivity contribution >= 4 is 17.7 Å². The Bertz CT molecular complexity index is 725. The molecule has 3 saturated heterocycles. The SMILES string of the molecule is NCCN(CCc1ccccc1)C(=O)CCN1C(=O)C2C3CCC(O3)C2C1=O. The molecule has 4 rings (SSSR count). The molecule has 28 heavy (non-hydrogen) atoms. The van der Waals surface area contributed by atoms with Crippen LogP contribution in [0.25, 0.3) is 0 Å². The van der Waals surface area contributed by atoms with E-state index in [1.165, 1.54) is 4.90 Å². The summed E-state index contributed by atoms with van der Waals surface area (Å²) in [6.07, 6.45) is 2.35. The molecule has 1 aromatic carbocycles. The van der Waals surface area contributed by atoms with Gasteiger partial charge in [-0.05, 0) is 24.8 Å². The zero-order valence-corrected chi connectivity index (χ0v) is 16.0. The smallest absolute Gasteiger partial charge is 0.235 e. The molecule has 0 aromatic heterocycles. The van der Waals surface area contributed by atoms with E-state index in [0.29, 0.717) is 19.6 Å². The van der Waals surface area contributed by atoms with Crippen molar-refractivity contribution in [2.45, 2.75) is 37.9 Å². The first-order valence-corrected chi connectivity index (χ1v) is 10.1. The molecule has 4 unspecified atom stereocenters. The number of carbonyl (C=O) groups excluding carboxylic acids is 3. The van der Waals surface area contributed by atoms with E-state index in [4.69, 9.17) is 10.5 Å². The number of nitrogens with zero attached hydrogens (tertiary/aromatic N) is 2. The third-order valence-electron chi connectivity index (χ3n) is 6.19. The Morgan fingerprint density at radius 2 is 1.71 bits per heavy atom. The van der Waals surface area contributed by atoms with Crippen LogP contribution in [-0.2, 0) is 25.5 Å². The van der Waals surface area contributed by atoms with E-state index >= 15 is 0 Å². The Morgan fingerprint density at radius 3 is 2.32 bits per heavy atom. The molecule has 3 heterocycles. The Morgan fingerprint density at radius 1 is 1.07 bits per heavy atom. The zero-order chi connectivity index (χ0) is 19.7. The maximum Gasteiger partial charge on any atom is 0.235 e. The van der Waals surface area contributed by atoms with Crippen molar-refractivity contribution in [3.8, 4) is 0 Å². The number of carbonyl (C=O) groups is 3. The van der Waals surface area contributed by atoms with Gasteiger partial charge in [-0.3, -0.25) is 19.3 Å². The highest BCUT2D eigenvalue weighted by Crippen LogP contribution is 2.48. The van der Waals surface area contributed by atoms with E-state index in [1.54, 1.807) is 4.90 Å². The summed E-state index contributed by atoms with van der Waals surface area (Å²) in [6, 6.07) is 9.97. The van der Waals surface area contributed by atoms with Crippen LogP contribution in [0.2, 0.25) is 0 Å². The second-order valence-electron chi connectivity index (χ2n) is 7.83. The number of rotatable bonds is 8. The lowest BCUT2D eigenvalue weighted by molar-refractivity contribution is -0.143. The molecule has 3 amide bonds. The summed E-state index contributed by atoms with van der Waals surface area (Å²) in [5.74, 6) is -1.06. The third-order valence-corrected chi connectivity index (χ3v) is 6.19. The molecule has 1 aromatic rings. The van der Waals surface area contributed by atoms with Gasteiger partial charge in [0.15, 0.2) is 0 Å². The number of amides is 3. The predicted molar refractivity (Wildman–Crippen MR) is 102 cm³/mol. The van der Waals surface area contributed by atoms with Gasteiger partial charge in [0.05, 0.1) is 24.0 Å². The highest BCUT2D eigenvalue weighted by atomic mass is 16.5. The Hall–Kier alpha value is -2.25. The van der Waals surface area contributed by atoms with Crippen LogP contribution in [0.3, 0.4) is 0 Å². The van der Waals surface area contributed by atoms with Gasteiger partial charge in [0.1, 0.15) is 0 Å². The van der Waals surface area contributed by atoms with Gasteiger partial charge >= 0.3 is 0 Å². The van der Waals surface area contributed by atoms with Gasteiger partial charge in [0, 0.05) is 32.6 Å². The molecule has 3 aliphatic rings. The van der Waals surface area contributed by atoms with Crippen molar-refractivity contribution in [1.82, 2.24) is 9.80 Å². The van der Waals surface area contributed by atoms with Crippen molar-refractivity contribution < 1.29 is 19.1 Å². The molecule has 0 aliphatic carbocycles. The number of nitrogens with two attached hydrogens (primary N) is 1. The number of fused-ring (bicyclic) bond motifs is 5. The molecule has 3 fully saturated rings. The fourth-order valence-electron chi connectivity index (χ4n) is 4.79. The molecular weight excluding hydrogens is 358 g/mol. The highest BCUT2D eigenvalue weighted by molar-refractivity contribution is 6.06. The number of benzene rings is 1. The average molecular weight is 385 g/mol. The van der Waals surface area contributed by atoms with Crippen LogP contribution in [-0.4, -0.2) is 65.9 Å². The van der Waals surface area contributed by atoms with Crippen LogP contribution in [0.15, 0.2) is 30.3 Å². The minimum Gasteiger partial charge on any atom is -0.373 e. The molecule has 2 N–H and O–H groups in total. The standard InChI is InChI=1S/C21H27N3O4/c22-10-13-23(11-8-14-4-2-1-3-5-14)17(25)9-12-24-20(26)18-15-6-7-16(28-15)19(18)21(24)27/h1-5,15-16,18-19H,6-13,22H2. The Labute approximate surface area is 164 Å². The number of likely N-dealkylation sites (tertiary alicyclic amines) is 1. The first-order chi connectivity index (χ1) is 13.6. The first kappa shape index (κ1) is 19.1. The lowest BCUT2D eigenvalue weighted by Crippen LogP contribution is -2.41. The van der Waals surface area contributed by atoms with E-state index in [-0.39, 0.29) is 54.7 Å². The van der Waals surface area contributed by atoms with Crippen LogP contribution in [0, 0.1) is 11.8 Å². The summed E-state index contributed by atoms with van der Waals surface area (Å²) in [7, 11) is 0. The summed E-state index contributed by atoms with van der Waals surface area (Å²) < 4.78 is 5.74. The van der Waals surface area contributed by atoms with E-state index in [0.717, 1.165) is 24.8 Å². The fourth-order valence-corrected chi connectivity index (χ4v) is 4.79. The lowest BCUT2D eigenvalue weighted by atomic mass is 9.81. The van der Waals surface area contributed by atoms with Crippen molar-refractivity contribution in [3.63, 3.8) is 0 Å². The highest BCUT2D eigenvalue weighted by Gasteiger charge is 2.62. The van der Waals surface area contributed by atoms with Crippen LogP contribution >= 0.6 is 0 Å². The second kappa shape index (κ2) is 8.01. The minimum absolute atomic E-state index is 0.0711. The molecule has 0 spiro atoms. The van der Waals surface area contributed by atoms with Crippen LogP contribution in [0.4, 0.5) is 0 Å². The normalized spacial score (nSPS) is 28.1. The Kier molecular flexibility index (Phi) is 5.46. The maximum absolute atomic E-state index is 12.7. The van der Waals surface area contributed by atoms with Gasteiger partial charge in [-0.15, -0.1) is 0 Å². The summed E-state index contributed by atoms with van der Waals surface area (Å²) in [4.78, 5) is 41.1. The van der Waals surface area contributed by atoms with Gasteiger partial charge in [-0.1, -0.05) is 30.3 Å². The number of imide groups is 1. The number of hydrogen-bond acceptors (Lipinski definition) is 5. The minimum atomic E-state index is -0.334. The van der Waals surface area contributed by atoms with Gasteiger partial charge < -0.3 is 15.4 Å². The molecule has 7 nitrogen and oxygen atoms in total. The number of ether oxygens (including phenoxy) is 1. The van der Waals surface area contributed by atoms with Crippen LogP contribution in [0.1, 0.15) is 24.8 Å². The van der Waals surface area contributed by atoms with E-state index in [2.05, 4.69) is 0 Å². The zero-order valence-electron chi connectivity index (χ0n) is 16.0. The molecule has 3 aliphatic heterocycles. The average Bonchev–Trinajstić information content (AvgIpc) is 3.38. The van der Waals surface area contributed by atoms with Gasteiger partial charge in [-0.2, -0.15) is 0 Å². The molecule has 150 valence electrons. The fraction of sp³-hybridized carbons (Fsp3) is 0.571. The van der Waals surface area contributed by atoms with Gasteiger partial charge in [0.25, 0.3) is 0 Å². The molecule has 7 heteroatoms. The lowest BCUT2D eigenvalue weighted by Gasteiger charge is -2.24. The third kappa shape index (κ3) is 3.44. The summed E-state index contributed by atoms with van der Waals surface area (Å²) >= 11 is 0. The Balaban J connectivity index is 1.33. The van der Waals surface area contributed by atoms with Crippen LogP contribution in [0.5, 0.6) is 0 Å². The van der Waals surface area contributed by atoms with Crippen molar-refractivity contribution in [2.75, 3.05) is 26.2 Å². The second-order valence-corrected chi connectivity index (χ2v) is 7.83. The largest absolute Gasteiger partial charge is 0.373 e. The quantitative estimate of drug-likeness (QED) is 0.661. The van der Waals surface area contributed by atoms with E-state index < -0.39 is 0 Å². The van der Waals surface area contributed by atoms with Crippen molar-refractivity contribution in [2.24, 2.45) is 17.6 Å². The van der Waals surface area contributed by atoms with Gasteiger partial charge in [0.2, 0.25) is 17.7 Å². The summed E-state index contributed by atoms with van der Waals surface area (Å²) in [6.45, 7) is 1.57. The van der Waals surface area contributed by atoms with Gasteiger partial charge in [-0.25, -0.2) is 0 Å². The van der Waals surface area contributed by atoms with E-state index in [1.807, 2.05) is 30.3 Å². The first-order valence-electron chi connectivity index (χ1n) is 10.1. The molecule has 0 saturated carbocycles. The summed E-state index contributed by atoms with van der Waals surface area (Å²) in [5, 5.41) is 0. The van der Waals surface area contributed by atoms with Crippen molar-refractivity contribution in [3.05, 3.63) is 35.9 Å². The maximum atomic E-state index is 12.7. The molecule has 4 atom stereocenters. The van der Waals surface area contributed by atoms with E-state index in [9.17, 15) is 14.4 Å². The molecule has 2 bridgehead atoms.